The molecule has 2 aromatic carbocycles. The lowest BCUT2D eigenvalue weighted by Crippen LogP contribution is -2.26. The number of halogens is 2. The number of nitrogen functional groups attached to an aromatic ring is 1. The summed E-state index contributed by atoms with van der Waals surface area (Å²) in [5.74, 6) is -1.84. The van der Waals surface area contributed by atoms with Crippen molar-refractivity contribution < 1.29 is 18.7 Å². The van der Waals surface area contributed by atoms with Crippen LogP contribution in [0.15, 0.2) is 36.4 Å². The van der Waals surface area contributed by atoms with E-state index in [1.807, 2.05) is 0 Å². The molecule has 4 nitrogen and oxygen atoms in total. The molecule has 0 heterocycles. The molecule has 0 saturated carbocycles. The normalized spacial score (nSPS) is 10.4. The van der Waals surface area contributed by atoms with Gasteiger partial charge in [0.2, 0.25) is 0 Å². The molecular formula is C15H14F2N2O2. The van der Waals surface area contributed by atoms with E-state index in [9.17, 15) is 18.7 Å². The summed E-state index contributed by atoms with van der Waals surface area (Å²) in [7, 11) is 0. The number of amides is 1. The average molecular weight is 292 g/mol. The number of carbonyl (C=O) groups is 1. The number of phenols is 1. The highest BCUT2D eigenvalue weighted by molar-refractivity contribution is 5.99. The van der Waals surface area contributed by atoms with Crippen molar-refractivity contribution in [2.24, 2.45) is 0 Å². The second-order valence-electron chi connectivity index (χ2n) is 4.56. The third-order valence-corrected chi connectivity index (χ3v) is 2.90. The van der Waals surface area contributed by atoms with Gasteiger partial charge in [-0.25, -0.2) is 8.78 Å². The van der Waals surface area contributed by atoms with Crippen LogP contribution in [-0.2, 0) is 6.42 Å². The molecule has 0 fully saturated rings. The number of nitrogens with two attached hydrogens (primary N) is 1. The lowest BCUT2D eigenvalue weighted by atomic mass is 10.1. The van der Waals surface area contributed by atoms with Crippen molar-refractivity contribution in [2.75, 3.05) is 12.3 Å². The monoisotopic (exact) mass is 292 g/mol. The molecule has 0 saturated heterocycles. The van der Waals surface area contributed by atoms with E-state index in [1.54, 1.807) is 0 Å². The van der Waals surface area contributed by atoms with Gasteiger partial charge in [0.15, 0.2) is 0 Å². The summed E-state index contributed by atoms with van der Waals surface area (Å²) in [5, 5.41) is 11.9. The molecule has 0 aliphatic heterocycles. The van der Waals surface area contributed by atoms with E-state index in [0.29, 0.717) is 5.56 Å². The highest BCUT2D eigenvalue weighted by Crippen LogP contribution is 2.18. The topological polar surface area (TPSA) is 75.3 Å². The van der Waals surface area contributed by atoms with E-state index in [-0.39, 0.29) is 30.0 Å². The third-order valence-electron chi connectivity index (χ3n) is 2.90. The number of nitrogens with one attached hydrogen (secondary N) is 1. The van der Waals surface area contributed by atoms with Gasteiger partial charge < -0.3 is 16.2 Å². The minimum atomic E-state index is -0.659. The molecule has 0 unspecified atom stereocenters. The highest BCUT2D eigenvalue weighted by Gasteiger charge is 2.10. The van der Waals surface area contributed by atoms with Crippen molar-refractivity contribution in [3.05, 3.63) is 59.2 Å². The second kappa shape index (κ2) is 6.21. The molecule has 0 aliphatic carbocycles. The van der Waals surface area contributed by atoms with Gasteiger partial charge in [-0.05, 0) is 42.3 Å². The standard InChI is InChI=1S/C15H14F2N2O2/c16-10-5-9(6-11(17)7-10)3-4-19-15(21)13-8-12(20)1-2-14(13)18/h1-2,5-8,20H,3-4,18H2,(H,19,21). The zero-order valence-corrected chi connectivity index (χ0v) is 11.1. The maximum Gasteiger partial charge on any atom is 0.253 e. The maximum absolute atomic E-state index is 13.0. The van der Waals surface area contributed by atoms with Gasteiger partial charge in [0.1, 0.15) is 17.4 Å². The largest absolute Gasteiger partial charge is 0.508 e. The summed E-state index contributed by atoms with van der Waals surface area (Å²) in [6.07, 6.45) is 0.277. The van der Waals surface area contributed by atoms with Crippen molar-refractivity contribution >= 4 is 11.6 Å². The van der Waals surface area contributed by atoms with Gasteiger partial charge in [0.05, 0.1) is 5.56 Å². The minimum Gasteiger partial charge on any atom is -0.508 e. The first-order valence-electron chi connectivity index (χ1n) is 6.27. The molecule has 0 atom stereocenters. The summed E-state index contributed by atoms with van der Waals surface area (Å²) in [4.78, 5) is 11.9. The zero-order valence-electron chi connectivity index (χ0n) is 11.1. The van der Waals surface area contributed by atoms with Crippen LogP contribution in [0, 0.1) is 11.6 Å². The van der Waals surface area contributed by atoms with Crippen molar-refractivity contribution in [3.63, 3.8) is 0 Å². The fraction of sp³-hybridized carbons (Fsp3) is 0.133. The molecule has 0 radical (unpaired) electrons. The number of hydrogen-bond acceptors (Lipinski definition) is 3. The van der Waals surface area contributed by atoms with Gasteiger partial charge in [-0.3, -0.25) is 4.79 Å². The van der Waals surface area contributed by atoms with Crippen molar-refractivity contribution in [1.29, 1.82) is 0 Å². The predicted molar refractivity (Wildman–Crippen MR) is 74.9 cm³/mol. The lowest BCUT2D eigenvalue weighted by Gasteiger charge is -2.08. The van der Waals surface area contributed by atoms with E-state index in [4.69, 9.17) is 5.73 Å². The number of carbonyl (C=O) groups excluding carboxylic acids is 1. The van der Waals surface area contributed by atoms with Crippen LogP contribution >= 0.6 is 0 Å². The van der Waals surface area contributed by atoms with E-state index in [2.05, 4.69) is 5.32 Å². The van der Waals surface area contributed by atoms with Gasteiger partial charge in [0, 0.05) is 18.3 Å². The van der Waals surface area contributed by atoms with Crippen molar-refractivity contribution in [3.8, 4) is 5.75 Å². The Hall–Kier alpha value is -2.63. The maximum atomic E-state index is 13.0. The SMILES string of the molecule is Nc1ccc(O)cc1C(=O)NCCc1cc(F)cc(F)c1. The Morgan fingerprint density at radius 3 is 2.48 bits per heavy atom. The average Bonchev–Trinajstić information content (AvgIpc) is 2.40. The molecule has 0 spiro atoms. The molecule has 0 bridgehead atoms. The van der Waals surface area contributed by atoms with Crippen LogP contribution in [0.3, 0.4) is 0 Å². The minimum absolute atomic E-state index is 0.0680. The predicted octanol–water partition coefficient (Wildman–Crippen LogP) is 2.23. The Bertz CT molecular complexity index is 654. The summed E-state index contributed by atoms with van der Waals surface area (Å²) >= 11 is 0. The summed E-state index contributed by atoms with van der Waals surface area (Å²) in [6.45, 7) is 0.191. The van der Waals surface area contributed by atoms with Crippen LogP contribution in [0.25, 0.3) is 0 Å². The molecule has 4 N–H and O–H groups in total. The molecule has 110 valence electrons. The van der Waals surface area contributed by atoms with E-state index < -0.39 is 17.5 Å². The Balaban J connectivity index is 1.96. The Morgan fingerprint density at radius 2 is 1.81 bits per heavy atom. The number of benzene rings is 2. The van der Waals surface area contributed by atoms with Gasteiger partial charge >= 0.3 is 0 Å². The fourth-order valence-electron chi connectivity index (χ4n) is 1.91. The van der Waals surface area contributed by atoms with Crippen LogP contribution in [0.5, 0.6) is 5.75 Å². The van der Waals surface area contributed by atoms with Gasteiger partial charge in [-0.2, -0.15) is 0 Å². The Morgan fingerprint density at radius 1 is 1.14 bits per heavy atom. The smallest absolute Gasteiger partial charge is 0.253 e. The first-order valence-corrected chi connectivity index (χ1v) is 6.27. The molecule has 2 aromatic rings. The first kappa shape index (κ1) is 14.8. The highest BCUT2D eigenvalue weighted by atomic mass is 19.1. The molecular weight excluding hydrogens is 278 g/mol. The van der Waals surface area contributed by atoms with Crippen LogP contribution in [0.4, 0.5) is 14.5 Å². The van der Waals surface area contributed by atoms with Gasteiger partial charge in [-0.1, -0.05) is 0 Å². The van der Waals surface area contributed by atoms with Crippen molar-refractivity contribution in [2.45, 2.75) is 6.42 Å². The summed E-state index contributed by atoms with van der Waals surface area (Å²) < 4.78 is 26.0. The quantitative estimate of drug-likeness (QED) is 0.597. The third kappa shape index (κ3) is 3.92. The van der Waals surface area contributed by atoms with Crippen LogP contribution in [-0.4, -0.2) is 17.6 Å². The number of anilines is 1. The van der Waals surface area contributed by atoms with E-state index in [1.165, 1.54) is 30.3 Å². The summed E-state index contributed by atoms with van der Waals surface area (Å²) in [5.41, 5.74) is 6.47. The number of rotatable bonds is 4. The Kier molecular flexibility index (Phi) is 4.37. The molecule has 2 rings (SSSR count). The molecule has 21 heavy (non-hydrogen) atoms. The van der Waals surface area contributed by atoms with Crippen molar-refractivity contribution in [1.82, 2.24) is 5.32 Å². The molecule has 0 aliphatic rings. The summed E-state index contributed by atoms with van der Waals surface area (Å²) in [6, 6.07) is 7.26. The Labute approximate surface area is 120 Å². The molecule has 6 heteroatoms. The number of hydrogen-bond donors (Lipinski definition) is 3. The van der Waals surface area contributed by atoms with Crippen LogP contribution in [0.1, 0.15) is 15.9 Å². The lowest BCUT2D eigenvalue weighted by molar-refractivity contribution is 0.0954. The second-order valence-corrected chi connectivity index (χ2v) is 4.56. The van der Waals surface area contributed by atoms with Crippen LogP contribution in [0.2, 0.25) is 0 Å². The fourth-order valence-corrected chi connectivity index (χ4v) is 1.91. The zero-order chi connectivity index (χ0) is 15.4. The van der Waals surface area contributed by atoms with E-state index in [0.717, 1.165) is 6.07 Å². The van der Waals surface area contributed by atoms with Crippen LogP contribution < -0.4 is 11.1 Å². The number of aromatic hydroxyl groups is 1. The number of phenolic OH excluding ortho intramolecular Hbond substituents is 1. The molecule has 1 amide bonds. The van der Waals surface area contributed by atoms with E-state index >= 15 is 0 Å². The molecule has 0 aromatic heterocycles. The van der Waals surface area contributed by atoms with Gasteiger partial charge in [0.25, 0.3) is 5.91 Å². The first-order chi connectivity index (χ1) is 9.95. The van der Waals surface area contributed by atoms with Gasteiger partial charge in [-0.15, -0.1) is 0 Å².